The van der Waals surface area contributed by atoms with Crippen LogP contribution in [0.25, 0.3) is 5.69 Å². The number of carbonyl (C=O) groups is 1. The Morgan fingerprint density at radius 1 is 0.943 bits per heavy atom. The third-order valence-electron chi connectivity index (χ3n) is 5.32. The zero-order valence-electron chi connectivity index (χ0n) is 19.0. The van der Waals surface area contributed by atoms with Crippen molar-refractivity contribution in [3.63, 3.8) is 0 Å². The van der Waals surface area contributed by atoms with Gasteiger partial charge in [-0.3, -0.25) is 4.57 Å². The second-order valence-corrected chi connectivity index (χ2v) is 10.0. The molecule has 0 spiro atoms. The van der Waals surface area contributed by atoms with Crippen molar-refractivity contribution in [1.82, 2.24) is 20.1 Å². The SMILES string of the molecule is Cc1ccccc1CSc1nnc(CNC(=O)Nc2ccc(Cl)cc2Cl)n1-c1cc(Cl)ccc1C. The van der Waals surface area contributed by atoms with Crippen molar-refractivity contribution in [3.05, 3.63) is 98.2 Å². The van der Waals surface area contributed by atoms with Gasteiger partial charge in [0, 0.05) is 15.8 Å². The molecule has 0 fully saturated rings. The molecule has 4 rings (SSSR count). The number of aromatic nitrogens is 3. The highest BCUT2D eigenvalue weighted by Gasteiger charge is 2.18. The lowest BCUT2D eigenvalue weighted by molar-refractivity contribution is 0.251. The normalized spacial score (nSPS) is 10.9. The minimum absolute atomic E-state index is 0.140. The maximum atomic E-state index is 12.5. The van der Waals surface area contributed by atoms with E-state index in [1.54, 1.807) is 30.0 Å². The molecule has 2 amide bonds. The molecule has 6 nitrogen and oxygen atoms in total. The molecule has 0 unspecified atom stereocenters. The summed E-state index contributed by atoms with van der Waals surface area (Å²) in [5.74, 6) is 1.30. The van der Waals surface area contributed by atoms with Crippen molar-refractivity contribution >= 4 is 58.3 Å². The van der Waals surface area contributed by atoms with Crippen LogP contribution >= 0.6 is 46.6 Å². The number of anilines is 1. The summed E-state index contributed by atoms with van der Waals surface area (Å²) in [7, 11) is 0. The molecule has 0 aliphatic rings. The molecule has 4 aromatic rings. The van der Waals surface area contributed by atoms with Crippen LogP contribution in [0, 0.1) is 13.8 Å². The summed E-state index contributed by atoms with van der Waals surface area (Å²) in [5, 5.41) is 16.5. The zero-order chi connectivity index (χ0) is 24.9. The number of hydrogen-bond donors (Lipinski definition) is 2. The molecule has 0 saturated heterocycles. The summed E-state index contributed by atoms with van der Waals surface area (Å²) >= 11 is 20.0. The van der Waals surface area contributed by atoms with Crippen LogP contribution in [0.15, 0.2) is 65.8 Å². The fourth-order valence-electron chi connectivity index (χ4n) is 3.40. The lowest BCUT2D eigenvalue weighted by Crippen LogP contribution is -2.29. The lowest BCUT2D eigenvalue weighted by Gasteiger charge is -2.14. The standard InChI is InChI=1S/C25H22Cl3N5OS/c1-15-5-3-4-6-17(15)14-35-25-32-31-23(33(25)22-12-19(27)8-7-16(22)2)13-29-24(34)30-21-10-9-18(26)11-20(21)28/h3-12H,13-14H2,1-2H3,(H2,29,30,34). The monoisotopic (exact) mass is 545 g/mol. The molecule has 1 aromatic heterocycles. The molecule has 0 bridgehead atoms. The zero-order valence-corrected chi connectivity index (χ0v) is 22.1. The number of nitrogens with zero attached hydrogens (tertiary/aromatic N) is 3. The van der Waals surface area contributed by atoms with E-state index in [2.05, 4.69) is 39.9 Å². The average Bonchev–Trinajstić information content (AvgIpc) is 3.23. The molecule has 3 aromatic carbocycles. The number of carbonyl (C=O) groups excluding carboxylic acids is 1. The van der Waals surface area contributed by atoms with Crippen molar-refractivity contribution in [2.45, 2.75) is 31.3 Å². The third kappa shape index (κ3) is 6.30. The van der Waals surface area contributed by atoms with Gasteiger partial charge in [0.1, 0.15) is 0 Å². The molecular formula is C25H22Cl3N5OS. The Labute approximate surface area is 223 Å². The van der Waals surface area contributed by atoms with Crippen molar-refractivity contribution in [1.29, 1.82) is 0 Å². The highest BCUT2D eigenvalue weighted by atomic mass is 35.5. The Bertz CT molecular complexity index is 1380. The maximum Gasteiger partial charge on any atom is 0.319 e. The highest BCUT2D eigenvalue weighted by Crippen LogP contribution is 2.29. The van der Waals surface area contributed by atoms with E-state index in [4.69, 9.17) is 34.8 Å². The van der Waals surface area contributed by atoms with Crippen molar-refractivity contribution in [2.24, 2.45) is 0 Å². The van der Waals surface area contributed by atoms with E-state index in [0.29, 0.717) is 31.7 Å². The Kier molecular flexibility index (Phi) is 8.23. The van der Waals surface area contributed by atoms with Crippen LogP contribution in [-0.2, 0) is 12.3 Å². The minimum atomic E-state index is -0.430. The van der Waals surface area contributed by atoms with E-state index >= 15 is 0 Å². The molecule has 0 saturated carbocycles. The predicted molar refractivity (Wildman–Crippen MR) is 144 cm³/mol. The fraction of sp³-hybridized carbons (Fsp3) is 0.160. The van der Waals surface area contributed by atoms with Gasteiger partial charge in [-0.25, -0.2) is 4.79 Å². The second-order valence-electron chi connectivity index (χ2n) is 7.81. The largest absolute Gasteiger partial charge is 0.331 e. The smallest absolute Gasteiger partial charge is 0.319 e. The number of amides is 2. The van der Waals surface area contributed by atoms with E-state index in [0.717, 1.165) is 17.0 Å². The Morgan fingerprint density at radius 2 is 1.69 bits per heavy atom. The van der Waals surface area contributed by atoms with Gasteiger partial charge in [0.05, 0.1) is 22.9 Å². The van der Waals surface area contributed by atoms with Crippen LogP contribution in [0.2, 0.25) is 15.1 Å². The summed E-state index contributed by atoms with van der Waals surface area (Å²) in [6.07, 6.45) is 0. The lowest BCUT2D eigenvalue weighted by atomic mass is 10.1. The van der Waals surface area contributed by atoms with Crippen LogP contribution in [0.1, 0.15) is 22.5 Å². The molecule has 0 atom stereocenters. The number of nitrogens with one attached hydrogen (secondary N) is 2. The van der Waals surface area contributed by atoms with Gasteiger partial charge in [-0.15, -0.1) is 10.2 Å². The quantitative estimate of drug-likeness (QED) is 0.236. The van der Waals surface area contributed by atoms with Crippen LogP contribution < -0.4 is 10.6 Å². The van der Waals surface area contributed by atoms with Gasteiger partial charge >= 0.3 is 6.03 Å². The third-order valence-corrected chi connectivity index (χ3v) is 7.08. The maximum absolute atomic E-state index is 12.5. The van der Waals surface area contributed by atoms with E-state index in [9.17, 15) is 4.79 Å². The number of hydrogen-bond acceptors (Lipinski definition) is 4. The number of rotatable bonds is 7. The molecule has 0 aliphatic carbocycles. The molecule has 10 heteroatoms. The summed E-state index contributed by atoms with van der Waals surface area (Å²) in [6, 6.07) is 18.3. The Balaban J connectivity index is 1.57. The molecule has 2 N–H and O–H groups in total. The molecule has 1 heterocycles. The van der Waals surface area contributed by atoms with Crippen molar-refractivity contribution in [3.8, 4) is 5.69 Å². The number of benzene rings is 3. The first-order valence-corrected chi connectivity index (χ1v) is 12.8. The number of thioether (sulfide) groups is 1. The predicted octanol–water partition coefficient (Wildman–Crippen LogP) is 7.46. The average molecular weight is 547 g/mol. The number of aryl methyl sites for hydroxylation is 2. The van der Waals surface area contributed by atoms with Gasteiger partial charge in [0.15, 0.2) is 11.0 Å². The van der Waals surface area contributed by atoms with Gasteiger partial charge in [0.25, 0.3) is 0 Å². The molecular weight excluding hydrogens is 525 g/mol. The van der Waals surface area contributed by atoms with Gasteiger partial charge in [-0.05, 0) is 60.9 Å². The van der Waals surface area contributed by atoms with Gasteiger partial charge < -0.3 is 10.6 Å². The van der Waals surface area contributed by atoms with Crippen LogP contribution in [0.4, 0.5) is 10.5 Å². The van der Waals surface area contributed by atoms with Gasteiger partial charge in [0.2, 0.25) is 0 Å². The first-order chi connectivity index (χ1) is 16.8. The molecule has 35 heavy (non-hydrogen) atoms. The van der Waals surface area contributed by atoms with E-state index < -0.39 is 6.03 Å². The van der Waals surface area contributed by atoms with Crippen molar-refractivity contribution in [2.75, 3.05) is 5.32 Å². The molecule has 180 valence electrons. The van der Waals surface area contributed by atoms with Crippen LogP contribution in [-0.4, -0.2) is 20.8 Å². The van der Waals surface area contributed by atoms with E-state index in [-0.39, 0.29) is 6.54 Å². The highest BCUT2D eigenvalue weighted by molar-refractivity contribution is 7.98. The van der Waals surface area contributed by atoms with E-state index in [1.807, 2.05) is 41.8 Å². The number of halogens is 3. The van der Waals surface area contributed by atoms with Crippen LogP contribution in [0.5, 0.6) is 0 Å². The number of urea groups is 1. The Morgan fingerprint density at radius 3 is 2.46 bits per heavy atom. The first-order valence-electron chi connectivity index (χ1n) is 10.7. The molecule has 0 radical (unpaired) electrons. The topological polar surface area (TPSA) is 71.8 Å². The fourth-order valence-corrected chi connectivity index (χ4v) is 5.07. The summed E-state index contributed by atoms with van der Waals surface area (Å²) in [6.45, 7) is 4.22. The summed E-state index contributed by atoms with van der Waals surface area (Å²) < 4.78 is 1.93. The summed E-state index contributed by atoms with van der Waals surface area (Å²) in [5.41, 5.74) is 4.74. The van der Waals surface area contributed by atoms with Crippen LogP contribution in [0.3, 0.4) is 0 Å². The van der Waals surface area contributed by atoms with Gasteiger partial charge in [-0.1, -0.05) is 76.9 Å². The van der Waals surface area contributed by atoms with E-state index in [1.165, 1.54) is 11.1 Å². The second kappa shape index (κ2) is 11.4. The minimum Gasteiger partial charge on any atom is -0.331 e. The first kappa shape index (κ1) is 25.4. The van der Waals surface area contributed by atoms with Crippen molar-refractivity contribution < 1.29 is 4.79 Å². The Hall–Kier alpha value is -2.71. The van der Waals surface area contributed by atoms with Gasteiger partial charge in [-0.2, -0.15) is 0 Å². The summed E-state index contributed by atoms with van der Waals surface area (Å²) in [4.78, 5) is 12.5. The molecule has 0 aliphatic heterocycles.